The van der Waals surface area contributed by atoms with Crippen molar-refractivity contribution in [2.24, 2.45) is 0 Å². The first kappa shape index (κ1) is 15.0. The molecule has 0 amide bonds. The predicted octanol–water partition coefficient (Wildman–Crippen LogP) is 4.43. The first-order valence-electron chi connectivity index (χ1n) is 7.37. The Labute approximate surface area is 140 Å². The van der Waals surface area contributed by atoms with Gasteiger partial charge in [0.05, 0.1) is 16.7 Å². The van der Waals surface area contributed by atoms with E-state index in [0.717, 1.165) is 5.39 Å². The van der Waals surface area contributed by atoms with E-state index < -0.39 is 6.43 Å². The van der Waals surface area contributed by atoms with Gasteiger partial charge in [-0.05, 0) is 23.8 Å². The molecule has 0 saturated heterocycles. The Morgan fingerprint density at radius 2 is 2.17 bits per heavy atom. The summed E-state index contributed by atoms with van der Waals surface area (Å²) >= 11 is 6.27. The number of rotatable bonds is 3. The van der Waals surface area contributed by atoms with Gasteiger partial charge in [-0.15, -0.1) is 0 Å². The number of halogens is 3. The number of H-pyrrole nitrogens is 1. The minimum Gasteiger partial charge on any atom is -0.276 e. The quantitative estimate of drug-likeness (QED) is 0.596. The molecule has 0 fully saturated rings. The van der Waals surface area contributed by atoms with Crippen LogP contribution in [0.2, 0.25) is 5.02 Å². The van der Waals surface area contributed by atoms with Crippen LogP contribution in [0.5, 0.6) is 0 Å². The molecule has 1 N–H and O–H groups in total. The van der Waals surface area contributed by atoms with Crippen LogP contribution in [0, 0.1) is 0 Å². The van der Waals surface area contributed by atoms with E-state index >= 15 is 0 Å². The average molecular weight is 348 g/mol. The molecule has 0 radical (unpaired) electrons. The van der Waals surface area contributed by atoms with Crippen LogP contribution in [0.4, 0.5) is 8.78 Å². The number of aryl methyl sites for hydroxylation is 1. The van der Waals surface area contributed by atoms with Crippen molar-refractivity contribution < 1.29 is 8.78 Å². The number of aromatic nitrogens is 5. The minimum atomic E-state index is -2.63. The van der Waals surface area contributed by atoms with Gasteiger partial charge in [0, 0.05) is 29.1 Å². The third-order valence-corrected chi connectivity index (χ3v) is 4.22. The molecule has 0 aliphatic heterocycles. The van der Waals surface area contributed by atoms with E-state index in [1.165, 1.54) is 16.8 Å². The van der Waals surface area contributed by atoms with E-state index in [9.17, 15) is 8.78 Å². The summed E-state index contributed by atoms with van der Waals surface area (Å²) in [5.74, 6) is 0.596. The summed E-state index contributed by atoms with van der Waals surface area (Å²) < 4.78 is 28.7. The standard InChI is InChI=1S/C16H12ClF2N5/c1-2-12-21-16-13(10(15(18)19)3-4-24(16)23-12)8-5-9-7-20-22-14(9)11(17)6-8/h3-7,15H,2H2,1H3,(H,20,22). The number of pyridine rings is 1. The van der Waals surface area contributed by atoms with Crippen molar-refractivity contribution in [2.75, 3.05) is 0 Å². The molecule has 3 heterocycles. The van der Waals surface area contributed by atoms with Crippen LogP contribution in [0.15, 0.2) is 30.6 Å². The van der Waals surface area contributed by atoms with Gasteiger partial charge < -0.3 is 0 Å². The third-order valence-electron chi connectivity index (χ3n) is 3.92. The fraction of sp³-hybridized carbons (Fsp3) is 0.188. The summed E-state index contributed by atoms with van der Waals surface area (Å²) in [5, 5.41) is 12.2. The van der Waals surface area contributed by atoms with Gasteiger partial charge in [0.15, 0.2) is 11.5 Å². The van der Waals surface area contributed by atoms with Crippen molar-refractivity contribution in [3.63, 3.8) is 0 Å². The second-order valence-electron chi connectivity index (χ2n) is 5.39. The molecular formula is C16H12ClF2N5. The van der Waals surface area contributed by atoms with E-state index in [1.807, 2.05) is 6.92 Å². The molecule has 24 heavy (non-hydrogen) atoms. The highest BCUT2D eigenvalue weighted by Crippen LogP contribution is 2.37. The largest absolute Gasteiger partial charge is 0.276 e. The third kappa shape index (κ3) is 2.24. The molecule has 0 atom stereocenters. The molecular weight excluding hydrogens is 336 g/mol. The number of hydrogen-bond acceptors (Lipinski definition) is 3. The average Bonchev–Trinajstić information content (AvgIpc) is 3.19. The molecule has 4 aromatic rings. The second kappa shape index (κ2) is 5.52. The van der Waals surface area contributed by atoms with Gasteiger partial charge in [-0.2, -0.15) is 10.2 Å². The van der Waals surface area contributed by atoms with Crippen LogP contribution in [0.1, 0.15) is 24.7 Å². The Hall–Kier alpha value is -2.54. The van der Waals surface area contributed by atoms with Crippen LogP contribution >= 0.6 is 11.6 Å². The normalized spacial score (nSPS) is 11.9. The minimum absolute atomic E-state index is 0.100. The maximum Gasteiger partial charge on any atom is 0.264 e. The number of benzene rings is 1. The molecule has 122 valence electrons. The first-order chi connectivity index (χ1) is 11.6. The fourth-order valence-corrected chi connectivity index (χ4v) is 3.06. The lowest BCUT2D eigenvalue weighted by molar-refractivity contribution is 0.152. The Kier molecular flexibility index (Phi) is 3.45. The van der Waals surface area contributed by atoms with Crippen LogP contribution in [-0.2, 0) is 6.42 Å². The van der Waals surface area contributed by atoms with Gasteiger partial charge in [-0.25, -0.2) is 18.3 Å². The fourth-order valence-electron chi connectivity index (χ4n) is 2.79. The van der Waals surface area contributed by atoms with E-state index in [2.05, 4.69) is 20.3 Å². The van der Waals surface area contributed by atoms with E-state index in [0.29, 0.717) is 39.6 Å². The van der Waals surface area contributed by atoms with Gasteiger partial charge in [-0.3, -0.25) is 5.10 Å². The van der Waals surface area contributed by atoms with Gasteiger partial charge in [0.1, 0.15) is 0 Å². The smallest absolute Gasteiger partial charge is 0.264 e. The number of alkyl halides is 2. The summed E-state index contributed by atoms with van der Waals surface area (Å²) in [5.41, 5.74) is 1.86. The lowest BCUT2D eigenvalue weighted by atomic mass is 10.00. The van der Waals surface area contributed by atoms with Gasteiger partial charge in [0.25, 0.3) is 6.43 Å². The van der Waals surface area contributed by atoms with Crippen molar-refractivity contribution in [1.82, 2.24) is 24.8 Å². The Morgan fingerprint density at radius 3 is 2.92 bits per heavy atom. The van der Waals surface area contributed by atoms with Crippen molar-refractivity contribution in [1.29, 1.82) is 0 Å². The number of nitrogens with one attached hydrogen (secondary N) is 1. The molecule has 8 heteroatoms. The molecule has 0 bridgehead atoms. The maximum atomic E-state index is 13.6. The highest BCUT2D eigenvalue weighted by Gasteiger charge is 2.21. The maximum absolute atomic E-state index is 13.6. The highest BCUT2D eigenvalue weighted by atomic mass is 35.5. The molecule has 1 aromatic carbocycles. The van der Waals surface area contributed by atoms with Crippen molar-refractivity contribution in [3.05, 3.63) is 47.0 Å². The Bertz CT molecular complexity index is 1050. The number of nitrogens with zero attached hydrogens (tertiary/aromatic N) is 4. The zero-order valence-electron chi connectivity index (χ0n) is 12.6. The van der Waals surface area contributed by atoms with E-state index in [1.54, 1.807) is 18.3 Å². The summed E-state index contributed by atoms with van der Waals surface area (Å²) in [6.45, 7) is 1.91. The number of fused-ring (bicyclic) bond motifs is 2. The van der Waals surface area contributed by atoms with Gasteiger partial charge in [-0.1, -0.05) is 18.5 Å². The van der Waals surface area contributed by atoms with Crippen molar-refractivity contribution in [2.45, 2.75) is 19.8 Å². The first-order valence-corrected chi connectivity index (χ1v) is 7.75. The molecule has 4 rings (SSSR count). The summed E-state index contributed by atoms with van der Waals surface area (Å²) in [6.07, 6.45) is 1.09. The molecule has 5 nitrogen and oxygen atoms in total. The molecule has 0 aliphatic carbocycles. The van der Waals surface area contributed by atoms with Crippen LogP contribution < -0.4 is 0 Å². The molecule has 0 unspecified atom stereocenters. The molecule has 3 aromatic heterocycles. The zero-order valence-corrected chi connectivity index (χ0v) is 13.3. The summed E-state index contributed by atoms with van der Waals surface area (Å²) in [4.78, 5) is 4.40. The van der Waals surface area contributed by atoms with Crippen molar-refractivity contribution in [3.8, 4) is 11.1 Å². The van der Waals surface area contributed by atoms with Crippen LogP contribution in [0.3, 0.4) is 0 Å². The topological polar surface area (TPSA) is 58.9 Å². The summed E-state index contributed by atoms with van der Waals surface area (Å²) in [7, 11) is 0. The van der Waals surface area contributed by atoms with Gasteiger partial charge in [0.2, 0.25) is 0 Å². The number of hydrogen-bond donors (Lipinski definition) is 1. The van der Waals surface area contributed by atoms with E-state index in [4.69, 9.17) is 11.6 Å². The SMILES string of the molecule is CCc1nc2c(-c3cc(Cl)c4[nH]ncc4c3)c(C(F)F)ccn2n1. The highest BCUT2D eigenvalue weighted by molar-refractivity contribution is 6.35. The molecule has 0 saturated carbocycles. The molecule has 0 spiro atoms. The lowest BCUT2D eigenvalue weighted by Gasteiger charge is -2.11. The van der Waals surface area contributed by atoms with Crippen LogP contribution in [0.25, 0.3) is 27.7 Å². The Balaban J connectivity index is 2.08. The van der Waals surface area contributed by atoms with E-state index in [-0.39, 0.29) is 5.56 Å². The zero-order chi connectivity index (χ0) is 16.8. The Morgan fingerprint density at radius 1 is 1.33 bits per heavy atom. The monoisotopic (exact) mass is 347 g/mol. The van der Waals surface area contributed by atoms with Crippen LogP contribution in [-0.4, -0.2) is 24.8 Å². The van der Waals surface area contributed by atoms with Gasteiger partial charge >= 0.3 is 0 Å². The molecule has 0 aliphatic rings. The predicted molar refractivity (Wildman–Crippen MR) is 87.4 cm³/mol. The van der Waals surface area contributed by atoms with Crippen molar-refractivity contribution >= 4 is 28.2 Å². The second-order valence-corrected chi connectivity index (χ2v) is 5.80. The summed E-state index contributed by atoms with van der Waals surface area (Å²) in [6, 6.07) is 4.78. The number of aromatic amines is 1. The lowest BCUT2D eigenvalue weighted by Crippen LogP contribution is -1.97.